The first kappa shape index (κ1) is 9.56. The maximum Gasteiger partial charge on any atom is 0.313 e. The summed E-state index contributed by atoms with van der Waals surface area (Å²) in [4.78, 5) is 11.3. The Hall–Kier alpha value is -0.990. The molecule has 3 heteroatoms. The average Bonchev–Trinajstić information content (AvgIpc) is 2.69. The van der Waals surface area contributed by atoms with E-state index in [1.165, 1.54) is 0 Å². The van der Waals surface area contributed by atoms with Gasteiger partial charge in [-0.2, -0.15) is 0 Å². The monoisotopic (exact) mass is 196 g/mol. The standard InChI is InChI=1S/C11H16O3/c12-10(13)11(5-1-2-6-11)9-4-3-7-14-8-9/h8H,1-7H2,(H,12,13). The van der Waals surface area contributed by atoms with E-state index in [0.717, 1.165) is 50.7 Å². The fourth-order valence-corrected chi connectivity index (χ4v) is 2.57. The first-order valence-corrected chi connectivity index (χ1v) is 5.30. The number of hydrogen-bond acceptors (Lipinski definition) is 2. The molecule has 1 N–H and O–H groups in total. The van der Waals surface area contributed by atoms with Crippen LogP contribution in [0.25, 0.3) is 0 Å². The average molecular weight is 196 g/mol. The number of aliphatic carboxylic acids is 1. The van der Waals surface area contributed by atoms with Crippen molar-refractivity contribution in [2.24, 2.45) is 5.41 Å². The maximum atomic E-state index is 11.3. The van der Waals surface area contributed by atoms with Crippen LogP contribution in [-0.2, 0) is 9.53 Å². The molecule has 0 unspecified atom stereocenters. The molecule has 1 saturated carbocycles. The minimum absolute atomic E-state index is 0.583. The van der Waals surface area contributed by atoms with E-state index in [2.05, 4.69) is 0 Å². The summed E-state index contributed by atoms with van der Waals surface area (Å²) in [6.07, 6.45) is 7.19. The SMILES string of the molecule is O=C(O)C1(C2=COCCC2)CCCC1. The van der Waals surface area contributed by atoms with Crippen molar-refractivity contribution in [2.75, 3.05) is 6.61 Å². The highest BCUT2D eigenvalue weighted by Crippen LogP contribution is 2.46. The van der Waals surface area contributed by atoms with E-state index in [9.17, 15) is 9.90 Å². The first-order valence-electron chi connectivity index (χ1n) is 5.30. The molecule has 78 valence electrons. The van der Waals surface area contributed by atoms with Crippen molar-refractivity contribution in [1.29, 1.82) is 0 Å². The molecule has 2 aliphatic rings. The van der Waals surface area contributed by atoms with E-state index in [4.69, 9.17) is 4.74 Å². The number of carboxylic acid groups (broad SMARTS) is 1. The Morgan fingerprint density at radius 2 is 2.07 bits per heavy atom. The fourth-order valence-electron chi connectivity index (χ4n) is 2.57. The topological polar surface area (TPSA) is 46.5 Å². The molecule has 0 bridgehead atoms. The Morgan fingerprint density at radius 1 is 1.36 bits per heavy atom. The molecule has 0 aromatic carbocycles. The highest BCUT2D eigenvalue weighted by atomic mass is 16.5. The lowest BCUT2D eigenvalue weighted by Crippen LogP contribution is -2.31. The maximum absolute atomic E-state index is 11.3. The Labute approximate surface area is 83.8 Å². The molecule has 1 aliphatic carbocycles. The normalized spacial score (nSPS) is 25.3. The summed E-state index contributed by atoms with van der Waals surface area (Å²) in [6.45, 7) is 0.735. The zero-order valence-corrected chi connectivity index (χ0v) is 8.29. The Bertz CT molecular complexity index is 262. The molecule has 0 aromatic heterocycles. The number of carbonyl (C=O) groups is 1. The molecule has 2 rings (SSSR count). The third-order valence-electron chi connectivity index (χ3n) is 3.42. The minimum Gasteiger partial charge on any atom is -0.501 e. The van der Waals surface area contributed by atoms with Gasteiger partial charge in [-0.05, 0) is 31.3 Å². The predicted molar refractivity (Wildman–Crippen MR) is 51.8 cm³/mol. The molecule has 3 nitrogen and oxygen atoms in total. The zero-order valence-electron chi connectivity index (χ0n) is 8.29. The Kier molecular flexibility index (Phi) is 2.48. The largest absolute Gasteiger partial charge is 0.501 e. The molecule has 0 amide bonds. The van der Waals surface area contributed by atoms with E-state index in [1.54, 1.807) is 6.26 Å². The number of carboxylic acids is 1. The predicted octanol–water partition coefficient (Wildman–Crippen LogP) is 2.33. The van der Waals surface area contributed by atoms with E-state index >= 15 is 0 Å². The van der Waals surface area contributed by atoms with Crippen LogP contribution in [0.3, 0.4) is 0 Å². The van der Waals surface area contributed by atoms with Crippen LogP contribution < -0.4 is 0 Å². The van der Waals surface area contributed by atoms with Crippen molar-refractivity contribution in [3.05, 3.63) is 11.8 Å². The van der Waals surface area contributed by atoms with Gasteiger partial charge in [0, 0.05) is 0 Å². The smallest absolute Gasteiger partial charge is 0.313 e. The van der Waals surface area contributed by atoms with Crippen LogP contribution in [-0.4, -0.2) is 17.7 Å². The van der Waals surface area contributed by atoms with E-state index in [-0.39, 0.29) is 0 Å². The van der Waals surface area contributed by atoms with Gasteiger partial charge in [-0.3, -0.25) is 4.79 Å². The van der Waals surface area contributed by atoms with Crippen molar-refractivity contribution in [3.63, 3.8) is 0 Å². The van der Waals surface area contributed by atoms with Crippen molar-refractivity contribution in [2.45, 2.75) is 38.5 Å². The summed E-state index contributed by atoms with van der Waals surface area (Å²) in [5.41, 5.74) is 0.425. The van der Waals surface area contributed by atoms with Crippen molar-refractivity contribution >= 4 is 5.97 Å². The lowest BCUT2D eigenvalue weighted by atomic mass is 9.77. The lowest BCUT2D eigenvalue weighted by Gasteiger charge is -2.29. The lowest BCUT2D eigenvalue weighted by molar-refractivity contribution is -0.146. The number of ether oxygens (including phenoxy) is 1. The van der Waals surface area contributed by atoms with Crippen LogP contribution >= 0.6 is 0 Å². The fraction of sp³-hybridized carbons (Fsp3) is 0.727. The van der Waals surface area contributed by atoms with Crippen LogP contribution in [0.15, 0.2) is 11.8 Å². The summed E-state index contributed by atoms with van der Waals surface area (Å²) in [5.74, 6) is -0.660. The number of rotatable bonds is 2. The quantitative estimate of drug-likeness (QED) is 0.737. The van der Waals surface area contributed by atoms with Crippen LogP contribution in [0.5, 0.6) is 0 Å². The second-order valence-electron chi connectivity index (χ2n) is 4.21. The molecule has 1 heterocycles. The van der Waals surface area contributed by atoms with Gasteiger partial charge in [-0.25, -0.2) is 0 Å². The number of hydrogen-bond donors (Lipinski definition) is 1. The van der Waals surface area contributed by atoms with Gasteiger partial charge in [0.2, 0.25) is 0 Å². The van der Waals surface area contributed by atoms with Gasteiger partial charge in [0.15, 0.2) is 0 Å². The third-order valence-corrected chi connectivity index (χ3v) is 3.42. The summed E-state index contributed by atoms with van der Waals surface area (Å²) in [5, 5.41) is 9.32. The van der Waals surface area contributed by atoms with Gasteiger partial charge in [0.25, 0.3) is 0 Å². The van der Waals surface area contributed by atoms with Crippen LogP contribution in [0.2, 0.25) is 0 Å². The molecule has 1 aliphatic heterocycles. The van der Waals surface area contributed by atoms with Crippen molar-refractivity contribution in [1.82, 2.24) is 0 Å². The van der Waals surface area contributed by atoms with Crippen LogP contribution in [0.4, 0.5) is 0 Å². The summed E-state index contributed by atoms with van der Waals surface area (Å²) in [7, 11) is 0. The first-order chi connectivity index (χ1) is 6.76. The Balaban J connectivity index is 2.25. The molecule has 0 spiro atoms. The van der Waals surface area contributed by atoms with Crippen molar-refractivity contribution in [3.8, 4) is 0 Å². The van der Waals surface area contributed by atoms with Crippen LogP contribution in [0, 0.1) is 5.41 Å². The highest BCUT2D eigenvalue weighted by Gasteiger charge is 2.44. The molecule has 14 heavy (non-hydrogen) atoms. The van der Waals surface area contributed by atoms with Gasteiger partial charge in [0.05, 0.1) is 18.3 Å². The van der Waals surface area contributed by atoms with E-state index in [0.29, 0.717) is 0 Å². The molecule has 1 fully saturated rings. The third kappa shape index (κ3) is 1.41. The summed E-state index contributed by atoms with van der Waals surface area (Å²) >= 11 is 0. The molecular weight excluding hydrogens is 180 g/mol. The minimum atomic E-state index is -0.660. The zero-order chi connectivity index (χ0) is 10.0. The van der Waals surface area contributed by atoms with Gasteiger partial charge in [0.1, 0.15) is 0 Å². The highest BCUT2D eigenvalue weighted by molar-refractivity contribution is 5.79. The van der Waals surface area contributed by atoms with Gasteiger partial charge >= 0.3 is 5.97 Å². The molecule has 0 radical (unpaired) electrons. The van der Waals surface area contributed by atoms with E-state index < -0.39 is 11.4 Å². The summed E-state index contributed by atoms with van der Waals surface area (Å²) < 4.78 is 5.24. The molecule has 0 saturated heterocycles. The second kappa shape index (κ2) is 3.64. The second-order valence-corrected chi connectivity index (χ2v) is 4.21. The molecule has 0 atom stereocenters. The van der Waals surface area contributed by atoms with Gasteiger partial charge in [-0.15, -0.1) is 0 Å². The molecular formula is C11H16O3. The molecule has 0 aromatic rings. The van der Waals surface area contributed by atoms with Crippen LogP contribution in [0.1, 0.15) is 38.5 Å². The van der Waals surface area contributed by atoms with Crippen molar-refractivity contribution < 1.29 is 14.6 Å². The Morgan fingerprint density at radius 3 is 2.57 bits per heavy atom. The van der Waals surface area contributed by atoms with Gasteiger partial charge in [-0.1, -0.05) is 12.8 Å². The van der Waals surface area contributed by atoms with E-state index in [1.807, 2.05) is 0 Å². The van der Waals surface area contributed by atoms with Gasteiger partial charge < -0.3 is 9.84 Å². The summed E-state index contributed by atoms with van der Waals surface area (Å²) in [6, 6.07) is 0.